The summed E-state index contributed by atoms with van der Waals surface area (Å²) in [5.41, 5.74) is 3.26. The molecule has 1 aromatic heterocycles. The van der Waals surface area contributed by atoms with Gasteiger partial charge in [0.2, 0.25) is 0 Å². The minimum absolute atomic E-state index is 0.0820. The van der Waals surface area contributed by atoms with E-state index in [1.165, 1.54) is 6.33 Å². The predicted octanol–water partition coefficient (Wildman–Crippen LogP) is 3.34. The van der Waals surface area contributed by atoms with E-state index in [1.54, 1.807) is 26.3 Å². The summed E-state index contributed by atoms with van der Waals surface area (Å²) in [5, 5.41) is 13.4. The second-order valence-electron chi connectivity index (χ2n) is 9.05. The number of hydrogen-bond acceptors (Lipinski definition) is 7. The molecule has 1 amide bonds. The fourth-order valence-corrected chi connectivity index (χ4v) is 5.49. The van der Waals surface area contributed by atoms with Gasteiger partial charge in [0, 0.05) is 32.1 Å². The summed E-state index contributed by atoms with van der Waals surface area (Å²) in [7, 11) is 3.35. The summed E-state index contributed by atoms with van der Waals surface area (Å²) in [5.74, 6) is 1.84. The molecule has 2 N–H and O–H groups in total. The third-order valence-corrected chi connectivity index (χ3v) is 7.23. The zero-order chi connectivity index (χ0) is 24.4. The van der Waals surface area contributed by atoms with E-state index in [2.05, 4.69) is 15.3 Å². The largest absolute Gasteiger partial charge is 0.493 e. The van der Waals surface area contributed by atoms with Crippen LogP contribution in [0.2, 0.25) is 0 Å². The maximum atomic E-state index is 13.8. The lowest BCUT2D eigenvalue weighted by Crippen LogP contribution is -2.47. The highest BCUT2D eigenvalue weighted by Gasteiger charge is 2.59. The first kappa shape index (κ1) is 23.1. The van der Waals surface area contributed by atoms with Crippen molar-refractivity contribution in [3.05, 3.63) is 77.9 Å². The van der Waals surface area contributed by atoms with E-state index in [4.69, 9.17) is 9.47 Å². The Hall–Kier alpha value is -3.65. The maximum absolute atomic E-state index is 13.8. The maximum Gasteiger partial charge on any atom is 0.256 e. The Morgan fingerprint density at radius 2 is 1.94 bits per heavy atom. The number of aromatic nitrogens is 2. The van der Waals surface area contributed by atoms with Gasteiger partial charge in [-0.1, -0.05) is 30.3 Å². The van der Waals surface area contributed by atoms with Crippen molar-refractivity contribution >= 4 is 11.6 Å². The van der Waals surface area contributed by atoms with Crippen molar-refractivity contribution in [3.63, 3.8) is 0 Å². The number of benzene rings is 2. The summed E-state index contributed by atoms with van der Waals surface area (Å²) < 4.78 is 11.6. The number of carbonyl (C=O) groups excluding carboxylic acids is 1. The molecule has 1 saturated heterocycles. The molecule has 3 aromatic rings. The van der Waals surface area contributed by atoms with Crippen LogP contribution in [-0.2, 0) is 6.61 Å². The highest BCUT2D eigenvalue weighted by Crippen LogP contribution is 2.60. The fraction of sp³-hybridized carbons (Fsp3) is 0.370. The van der Waals surface area contributed by atoms with Gasteiger partial charge < -0.3 is 24.8 Å². The van der Waals surface area contributed by atoms with E-state index >= 15 is 0 Å². The second-order valence-corrected chi connectivity index (χ2v) is 9.05. The van der Waals surface area contributed by atoms with Crippen molar-refractivity contribution in [2.24, 2.45) is 11.8 Å². The van der Waals surface area contributed by atoms with E-state index in [9.17, 15) is 9.90 Å². The Balaban J connectivity index is 1.38. The molecule has 2 aromatic carbocycles. The van der Waals surface area contributed by atoms with Gasteiger partial charge in [-0.25, -0.2) is 9.97 Å². The summed E-state index contributed by atoms with van der Waals surface area (Å²) in [4.78, 5) is 23.9. The number of likely N-dealkylation sites (tertiary alicyclic amines) is 1. The first-order valence-electron chi connectivity index (χ1n) is 11.9. The smallest absolute Gasteiger partial charge is 0.256 e. The Kier molecular flexibility index (Phi) is 6.55. The van der Waals surface area contributed by atoms with Gasteiger partial charge in [-0.3, -0.25) is 4.79 Å². The third-order valence-electron chi connectivity index (χ3n) is 7.23. The minimum Gasteiger partial charge on any atom is -0.493 e. The standard InChI is InChI=1S/C27H30N4O4/c1-28-21-11-24(35-15-17-6-4-3-5-7-17)23(34-2)10-20(21)27(33)31-9-8-19-25(26(19)22(31)14-32)18-12-29-16-30-13-18/h3-7,10-13,16,19,22,25-26,28,32H,8-9,14-15H2,1-2H3/t19?,22-,25?,26-/m1/s1. The third kappa shape index (κ3) is 4.41. The van der Waals surface area contributed by atoms with Gasteiger partial charge in [0.15, 0.2) is 11.5 Å². The van der Waals surface area contributed by atoms with Crippen molar-refractivity contribution in [1.82, 2.24) is 14.9 Å². The van der Waals surface area contributed by atoms with Gasteiger partial charge >= 0.3 is 0 Å². The van der Waals surface area contributed by atoms with Crippen molar-refractivity contribution in [2.45, 2.75) is 25.0 Å². The Bertz CT molecular complexity index is 1170. The zero-order valence-corrected chi connectivity index (χ0v) is 19.9. The average molecular weight is 475 g/mol. The molecule has 2 unspecified atom stereocenters. The number of fused-ring (bicyclic) bond motifs is 1. The number of carbonyl (C=O) groups is 1. The summed E-state index contributed by atoms with van der Waals surface area (Å²) in [6.45, 7) is 0.897. The van der Waals surface area contributed by atoms with Crippen LogP contribution in [0.5, 0.6) is 11.5 Å². The van der Waals surface area contributed by atoms with Crippen molar-refractivity contribution in [1.29, 1.82) is 0 Å². The quantitative estimate of drug-likeness (QED) is 0.517. The minimum atomic E-state index is -0.254. The van der Waals surface area contributed by atoms with Gasteiger partial charge in [0.25, 0.3) is 5.91 Å². The number of anilines is 1. The number of nitrogens with zero attached hydrogens (tertiary/aromatic N) is 3. The molecule has 1 aliphatic carbocycles. The molecule has 2 heterocycles. The summed E-state index contributed by atoms with van der Waals surface area (Å²) >= 11 is 0. The van der Waals surface area contributed by atoms with Gasteiger partial charge in [-0.15, -0.1) is 0 Å². The van der Waals surface area contributed by atoms with Crippen LogP contribution in [-0.4, -0.2) is 59.2 Å². The molecular weight excluding hydrogens is 444 g/mol. The van der Waals surface area contributed by atoms with E-state index in [1.807, 2.05) is 47.6 Å². The molecule has 5 rings (SSSR count). The molecule has 1 saturated carbocycles. The summed E-state index contributed by atoms with van der Waals surface area (Å²) in [6.07, 6.45) is 6.09. The highest BCUT2D eigenvalue weighted by molar-refractivity contribution is 6.01. The van der Waals surface area contributed by atoms with Crippen LogP contribution in [0.3, 0.4) is 0 Å². The van der Waals surface area contributed by atoms with E-state index in [0.29, 0.717) is 41.8 Å². The Morgan fingerprint density at radius 1 is 1.17 bits per heavy atom. The molecule has 2 fully saturated rings. The number of piperidine rings is 1. The topological polar surface area (TPSA) is 96.8 Å². The zero-order valence-electron chi connectivity index (χ0n) is 19.9. The molecule has 35 heavy (non-hydrogen) atoms. The van der Waals surface area contributed by atoms with E-state index in [0.717, 1.165) is 17.5 Å². The molecular formula is C27H30N4O4. The molecule has 0 radical (unpaired) electrons. The molecule has 8 heteroatoms. The molecule has 0 spiro atoms. The van der Waals surface area contributed by atoms with Crippen LogP contribution in [0.1, 0.15) is 33.8 Å². The first-order valence-corrected chi connectivity index (χ1v) is 11.9. The molecule has 2 aliphatic rings. The summed E-state index contributed by atoms with van der Waals surface area (Å²) in [6, 6.07) is 13.2. The number of aliphatic hydroxyl groups excluding tert-OH is 1. The lowest BCUT2D eigenvalue weighted by molar-refractivity contribution is 0.0471. The van der Waals surface area contributed by atoms with Crippen molar-refractivity contribution < 1.29 is 19.4 Å². The number of aliphatic hydroxyl groups is 1. The van der Waals surface area contributed by atoms with Gasteiger partial charge in [-0.05, 0) is 41.4 Å². The Morgan fingerprint density at radius 3 is 2.63 bits per heavy atom. The number of ether oxygens (including phenoxy) is 2. The number of amides is 1. The second kappa shape index (κ2) is 9.92. The Labute approximate surface area is 204 Å². The lowest BCUT2D eigenvalue weighted by atomic mass is 10.00. The van der Waals surface area contributed by atoms with E-state index < -0.39 is 0 Å². The van der Waals surface area contributed by atoms with E-state index in [-0.39, 0.29) is 30.4 Å². The van der Waals surface area contributed by atoms with Crippen LogP contribution in [0, 0.1) is 11.8 Å². The van der Waals surface area contributed by atoms with Gasteiger partial charge in [0.1, 0.15) is 12.9 Å². The molecule has 182 valence electrons. The highest BCUT2D eigenvalue weighted by atomic mass is 16.5. The van der Waals surface area contributed by atoms with Crippen molar-refractivity contribution in [2.75, 3.05) is 32.6 Å². The molecule has 1 aliphatic heterocycles. The number of nitrogens with one attached hydrogen (secondary N) is 1. The molecule has 8 nitrogen and oxygen atoms in total. The number of rotatable bonds is 8. The normalized spacial score (nSPS) is 22.8. The van der Waals surface area contributed by atoms with Crippen LogP contribution in [0.25, 0.3) is 0 Å². The fourth-order valence-electron chi connectivity index (χ4n) is 5.49. The van der Waals surface area contributed by atoms with Crippen LogP contribution in [0.15, 0.2) is 61.2 Å². The molecule has 4 atom stereocenters. The van der Waals surface area contributed by atoms with Crippen LogP contribution in [0.4, 0.5) is 5.69 Å². The van der Waals surface area contributed by atoms with Gasteiger partial charge in [0.05, 0.1) is 31.0 Å². The average Bonchev–Trinajstić information content (AvgIpc) is 3.66. The van der Waals surface area contributed by atoms with Crippen molar-refractivity contribution in [3.8, 4) is 11.5 Å². The monoisotopic (exact) mass is 474 g/mol. The number of methoxy groups -OCH3 is 1. The lowest BCUT2D eigenvalue weighted by Gasteiger charge is -2.35. The SMILES string of the molecule is CNc1cc(OCc2ccccc2)c(OC)cc1C(=O)N1CCC2C(c3cncnc3)[C@H]2[C@H]1CO. The number of hydrogen-bond donors (Lipinski definition) is 2. The predicted molar refractivity (Wildman–Crippen MR) is 132 cm³/mol. The van der Waals surface area contributed by atoms with Crippen LogP contribution < -0.4 is 14.8 Å². The molecule has 0 bridgehead atoms. The first-order chi connectivity index (χ1) is 17.2. The van der Waals surface area contributed by atoms with Crippen LogP contribution >= 0.6 is 0 Å². The van der Waals surface area contributed by atoms with Gasteiger partial charge in [-0.2, -0.15) is 0 Å².